The Balaban J connectivity index is 1.11. The average Bonchev–Trinajstić information content (AvgIpc) is 3.48. The highest BCUT2D eigenvalue weighted by Crippen LogP contribution is 2.28. The van der Waals surface area contributed by atoms with Gasteiger partial charge in [-0.15, -0.1) is 0 Å². The van der Waals surface area contributed by atoms with Crippen molar-refractivity contribution in [2.24, 2.45) is 5.92 Å². The quantitative estimate of drug-likeness (QED) is 0.0959. The van der Waals surface area contributed by atoms with Gasteiger partial charge < -0.3 is 15.0 Å². The number of ether oxygens (including phenoxy) is 1. The normalized spacial score (nSPS) is 19.2. The first kappa shape index (κ1) is 35.6. The molecule has 1 heterocycles. The van der Waals surface area contributed by atoms with Crippen molar-refractivity contribution in [1.82, 2.24) is 15.7 Å². The average molecular weight is 660 g/mol. The van der Waals surface area contributed by atoms with Gasteiger partial charge in [0.1, 0.15) is 12.1 Å². The molecule has 3 aliphatic rings. The summed E-state index contributed by atoms with van der Waals surface area (Å²) in [7, 11) is 0. The Kier molecular flexibility index (Phi) is 13.9. The summed E-state index contributed by atoms with van der Waals surface area (Å²) in [6.07, 6.45) is 15.2. The van der Waals surface area contributed by atoms with Crippen LogP contribution in [0.1, 0.15) is 125 Å². The van der Waals surface area contributed by atoms with Gasteiger partial charge in [-0.2, -0.15) is 0 Å². The lowest BCUT2D eigenvalue weighted by Gasteiger charge is -2.37. The number of nitrogens with one attached hydrogen (secondary N) is 2. The minimum absolute atomic E-state index is 0.0842. The summed E-state index contributed by atoms with van der Waals surface area (Å²) in [5.41, 5.74) is 5.32. The van der Waals surface area contributed by atoms with E-state index in [0.29, 0.717) is 50.3 Å². The first-order valence-electron chi connectivity index (χ1n) is 18.3. The van der Waals surface area contributed by atoms with Crippen LogP contribution in [0.25, 0.3) is 0 Å². The Morgan fingerprint density at radius 2 is 1.40 bits per heavy atom. The highest BCUT2D eigenvalue weighted by Gasteiger charge is 2.37. The molecule has 0 radical (unpaired) electrons. The predicted octanol–water partition coefficient (Wildman–Crippen LogP) is 6.64. The summed E-state index contributed by atoms with van der Waals surface area (Å²) in [5, 5.41) is 2.97. The Bertz CT molecular complexity index is 1340. The van der Waals surface area contributed by atoms with Crippen molar-refractivity contribution >= 4 is 23.7 Å². The van der Waals surface area contributed by atoms with Crippen LogP contribution in [0.3, 0.4) is 0 Å². The summed E-state index contributed by atoms with van der Waals surface area (Å²) in [6.45, 7) is 0.932. The standard InChI is InChI=1S/C39H53N3O6/c43-35(41-47-28-29-16-6-1-2-7-17-29)24-10-3-4-11-25-36(44)42-27-32-21-13-12-20-31(32)26-34(42)38(45)40-37(30-18-8-5-9-19-30)39(46)48-33-22-14-15-23-33/h5,8-9,12-13,18-21,29,33-34,37H,1-4,6-7,10-11,14-17,22-28H2,(H,40,45)(H,41,43)/t34-,37-/m0/s1. The molecule has 2 aliphatic carbocycles. The number of carbonyl (C=O) groups excluding carboxylic acids is 4. The zero-order chi connectivity index (χ0) is 33.6. The molecule has 9 heteroatoms. The van der Waals surface area contributed by atoms with Crippen molar-refractivity contribution in [2.45, 2.75) is 134 Å². The molecule has 0 unspecified atom stereocenters. The monoisotopic (exact) mass is 659 g/mol. The lowest BCUT2D eigenvalue weighted by molar-refractivity contribution is -0.154. The fourth-order valence-electron chi connectivity index (χ4n) is 7.30. The van der Waals surface area contributed by atoms with Crippen molar-refractivity contribution in [2.75, 3.05) is 6.61 Å². The number of esters is 1. The minimum atomic E-state index is -0.951. The fourth-order valence-corrected chi connectivity index (χ4v) is 7.30. The van der Waals surface area contributed by atoms with Crippen LogP contribution in [0.5, 0.6) is 0 Å². The van der Waals surface area contributed by atoms with Crippen LogP contribution in [0.15, 0.2) is 54.6 Å². The third kappa shape index (κ3) is 10.6. The maximum absolute atomic E-state index is 13.9. The largest absolute Gasteiger partial charge is 0.461 e. The summed E-state index contributed by atoms with van der Waals surface area (Å²) in [5.74, 6) is -0.467. The van der Waals surface area contributed by atoms with Crippen LogP contribution in [0.2, 0.25) is 0 Å². The number of amides is 3. The van der Waals surface area contributed by atoms with Crippen molar-refractivity contribution < 1.29 is 28.8 Å². The van der Waals surface area contributed by atoms with E-state index in [1.807, 2.05) is 54.6 Å². The van der Waals surface area contributed by atoms with E-state index < -0.39 is 18.1 Å². The van der Waals surface area contributed by atoms with E-state index in [1.165, 1.54) is 38.5 Å². The fraction of sp³-hybridized carbons (Fsp3) is 0.590. The predicted molar refractivity (Wildman–Crippen MR) is 183 cm³/mol. The molecule has 0 saturated heterocycles. The molecule has 2 aromatic carbocycles. The van der Waals surface area contributed by atoms with Crippen LogP contribution >= 0.6 is 0 Å². The van der Waals surface area contributed by atoms with Crippen LogP contribution in [-0.4, -0.2) is 47.3 Å². The Morgan fingerprint density at radius 1 is 0.750 bits per heavy atom. The first-order valence-corrected chi connectivity index (χ1v) is 18.3. The lowest BCUT2D eigenvalue weighted by atomic mass is 9.92. The number of hydrogen-bond acceptors (Lipinski definition) is 6. The van der Waals surface area contributed by atoms with Crippen LogP contribution in [-0.2, 0) is 41.7 Å². The van der Waals surface area contributed by atoms with Crippen molar-refractivity contribution in [3.05, 3.63) is 71.3 Å². The molecule has 0 spiro atoms. The first-order chi connectivity index (χ1) is 23.5. The topological polar surface area (TPSA) is 114 Å². The second-order valence-corrected chi connectivity index (χ2v) is 13.8. The number of benzene rings is 2. The molecule has 5 rings (SSSR count). The van der Waals surface area contributed by atoms with E-state index in [9.17, 15) is 19.2 Å². The van der Waals surface area contributed by atoms with Gasteiger partial charge in [0.05, 0.1) is 6.61 Å². The number of hydrogen-bond donors (Lipinski definition) is 2. The smallest absolute Gasteiger partial charge is 0.333 e. The zero-order valence-electron chi connectivity index (χ0n) is 28.3. The number of hydroxylamine groups is 1. The lowest BCUT2D eigenvalue weighted by Crippen LogP contribution is -2.54. The zero-order valence-corrected chi connectivity index (χ0v) is 28.3. The van der Waals surface area contributed by atoms with E-state index in [-0.39, 0.29) is 23.8 Å². The second kappa shape index (κ2) is 18.7. The molecular formula is C39H53N3O6. The van der Waals surface area contributed by atoms with Crippen molar-refractivity contribution in [3.63, 3.8) is 0 Å². The van der Waals surface area contributed by atoms with Crippen LogP contribution < -0.4 is 10.8 Å². The highest BCUT2D eigenvalue weighted by molar-refractivity contribution is 5.92. The van der Waals surface area contributed by atoms with Crippen molar-refractivity contribution in [1.29, 1.82) is 0 Å². The number of unbranched alkanes of at least 4 members (excludes halogenated alkanes) is 3. The molecule has 2 saturated carbocycles. The Hall–Kier alpha value is -3.72. The molecule has 48 heavy (non-hydrogen) atoms. The molecule has 2 aromatic rings. The number of fused-ring (bicyclic) bond motifs is 1. The van der Waals surface area contributed by atoms with Gasteiger partial charge in [0.15, 0.2) is 6.04 Å². The maximum atomic E-state index is 13.9. The summed E-state index contributed by atoms with van der Waals surface area (Å²) < 4.78 is 5.83. The van der Waals surface area contributed by atoms with Gasteiger partial charge in [-0.1, -0.05) is 93.1 Å². The number of nitrogens with zero attached hydrogens (tertiary/aromatic N) is 1. The van der Waals surface area contributed by atoms with Gasteiger partial charge in [-0.25, -0.2) is 10.3 Å². The molecule has 3 amide bonds. The molecule has 2 N–H and O–H groups in total. The third-order valence-corrected chi connectivity index (χ3v) is 10.1. The molecule has 0 aromatic heterocycles. The summed E-state index contributed by atoms with van der Waals surface area (Å²) >= 11 is 0. The Labute approximate surface area is 285 Å². The molecule has 1 aliphatic heterocycles. The summed E-state index contributed by atoms with van der Waals surface area (Å²) in [6, 6.07) is 15.4. The molecule has 0 bridgehead atoms. The molecule has 2 fully saturated rings. The SMILES string of the molecule is O=C(CCCCCCC(=O)N1Cc2ccccc2C[C@H]1C(=O)N[C@H](C(=O)OC1CCCC1)c1ccccc1)NOCC1CCCCCC1. The second-order valence-electron chi connectivity index (χ2n) is 13.8. The van der Waals surface area contributed by atoms with Gasteiger partial charge in [0, 0.05) is 25.8 Å². The van der Waals surface area contributed by atoms with Gasteiger partial charge in [0.2, 0.25) is 17.7 Å². The van der Waals surface area contributed by atoms with E-state index in [2.05, 4.69) is 10.8 Å². The molecule has 2 atom stereocenters. The van der Waals surface area contributed by atoms with Gasteiger partial charge in [-0.3, -0.25) is 19.2 Å². The van der Waals surface area contributed by atoms with Crippen molar-refractivity contribution in [3.8, 4) is 0 Å². The molecule has 260 valence electrons. The van der Waals surface area contributed by atoms with Crippen LogP contribution in [0.4, 0.5) is 0 Å². The molecule has 9 nitrogen and oxygen atoms in total. The minimum Gasteiger partial charge on any atom is -0.461 e. The van der Waals surface area contributed by atoms with E-state index in [0.717, 1.165) is 56.1 Å². The van der Waals surface area contributed by atoms with Gasteiger partial charge in [0.25, 0.3) is 0 Å². The number of rotatable bonds is 15. The van der Waals surface area contributed by atoms with E-state index >= 15 is 0 Å². The summed E-state index contributed by atoms with van der Waals surface area (Å²) in [4.78, 5) is 60.4. The Morgan fingerprint density at radius 3 is 2.12 bits per heavy atom. The van der Waals surface area contributed by atoms with Gasteiger partial charge in [-0.05, 0) is 74.0 Å². The highest BCUT2D eigenvalue weighted by atomic mass is 16.7. The molecular weight excluding hydrogens is 606 g/mol. The third-order valence-electron chi connectivity index (χ3n) is 10.1. The van der Waals surface area contributed by atoms with Crippen LogP contribution in [0, 0.1) is 5.92 Å². The van der Waals surface area contributed by atoms with E-state index in [4.69, 9.17) is 9.57 Å². The van der Waals surface area contributed by atoms with E-state index in [1.54, 1.807) is 4.90 Å². The maximum Gasteiger partial charge on any atom is 0.333 e. The van der Waals surface area contributed by atoms with Gasteiger partial charge >= 0.3 is 5.97 Å². The number of carbonyl (C=O) groups is 4.